The Morgan fingerprint density at radius 2 is 2.23 bits per heavy atom. The lowest BCUT2D eigenvalue weighted by atomic mass is 10.1. The monoisotopic (exact) mass is 196 g/mol. The second-order valence-electron chi connectivity index (χ2n) is 2.89. The standard InChI is InChI=1S/C10H9FOS/c1-2-7-8(12)4-3-6-5-9(11)13-10(6)7/h3-5,12H,2H2,1H3. The molecule has 1 aromatic carbocycles. The van der Waals surface area contributed by atoms with E-state index in [1.165, 1.54) is 6.07 Å². The van der Waals surface area contributed by atoms with Gasteiger partial charge < -0.3 is 5.11 Å². The molecule has 2 rings (SSSR count). The summed E-state index contributed by atoms with van der Waals surface area (Å²) in [6.45, 7) is 1.95. The van der Waals surface area contributed by atoms with Gasteiger partial charge in [0, 0.05) is 10.3 Å². The summed E-state index contributed by atoms with van der Waals surface area (Å²) in [5, 5.41) is 10.2. The number of hydrogen-bond donors (Lipinski definition) is 1. The van der Waals surface area contributed by atoms with Crippen molar-refractivity contribution in [1.82, 2.24) is 0 Å². The third-order valence-corrected chi connectivity index (χ3v) is 3.09. The number of phenols is 1. The van der Waals surface area contributed by atoms with Crippen LogP contribution >= 0.6 is 11.3 Å². The van der Waals surface area contributed by atoms with E-state index in [0.717, 1.165) is 33.4 Å². The zero-order chi connectivity index (χ0) is 9.42. The van der Waals surface area contributed by atoms with Gasteiger partial charge in [-0.3, -0.25) is 0 Å². The Hall–Kier alpha value is -1.09. The van der Waals surface area contributed by atoms with Gasteiger partial charge >= 0.3 is 0 Å². The molecule has 0 atom stereocenters. The van der Waals surface area contributed by atoms with E-state index < -0.39 is 0 Å². The van der Waals surface area contributed by atoms with Gasteiger partial charge in [0.05, 0.1) is 0 Å². The minimum absolute atomic E-state index is 0.199. The molecule has 1 N–H and O–H groups in total. The van der Waals surface area contributed by atoms with Crippen molar-refractivity contribution in [3.63, 3.8) is 0 Å². The molecule has 0 saturated carbocycles. The van der Waals surface area contributed by atoms with Crippen LogP contribution in [0.5, 0.6) is 5.75 Å². The highest BCUT2D eigenvalue weighted by atomic mass is 32.1. The van der Waals surface area contributed by atoms with E-state index in [9.17, 15) is 9.50 Å². The average Bonchev–Trinajstić information content (AvgIpc) is 2.45. The quantitative estimate of drug-likeness (QED) is 0.741. The van der Waals surface area contributed by atoms with Gasteiger partial charge in [-0.05, 0) is 30.0 Å². The van der Waals surface area contributed by atoms with Gasteiger partial charge in [-0.1, -0.05) is 6.92 Å². The number of aryl methyl sites for hydroxylation is 1. The molecule has 0 unspecified atom stereocenters. The number of benzene rings is 1. The van der Waals surface area contributed by atoms with E-state index in [0.29, 0.717) is 0 Å². The summed E-state index contributed by atoms with van der Waals surface area (Å²) in [6.07, 6.45) is 0.725. The normalized spacial score (nSPS) is 10.9. The smallest absolute Gasteiger partial charge is 0.177 e. The highest BCUT2D eigenvalue weighted by Crippen LogP contribution is 2.33. The van der Waals surface area contributed by atoms with Crippen molar-refractivity contribution in [2.45, 2.75) is 13.3 Å². The fourth-order valence-electron chi connectivity index (χ4n) is 1.46. The van der Waals surface area contributed by atoms with Crippen LogP contribution in [0.15, 0.2) is 18.2 Å². The van der Waals surface area contributed by atoms with E-state index in [1.54, 1.807) is 12.1 Å². The van der Waals surface area contributed by atoms with Crippen LogP contribution in [-0.4, -0.2) is 5.11 Å². The minimum atomic E-state index is -0.199. The van der Waals surface area contributed by atoms with E-state index in [1.807, 2.05) is 6.92 Å². The maximum absolute atomic E-state index is 12.9. The van der Waals surface area contributed by atoms with Crippen LogP contribution in [0.3, 0.4) is 0 Å². The molecule has 0 aliphatic rings. The Kier molecular flexibility index (Phi) is 1.96. The van der Waals surface area contributed by atoms with Gasteiger partial charge in [-0.25, -0.2) is 0 Å². The van der Waals surface area contributed by atoms with Gasteiger partial charge in [0.1, 0.15) is 5.75 Å². The summed E-state index contributed by atoms with van der Waals surface area (Å²) in [4.78, 5) is 0. The number of fused-ring (bicyclic) bond motifs is 1. The van der Waals surface area contributed by atoms with Crippen molar-refractivity contribution >= 4 is 21.4 Å². The van der Waals surface area contributed by atoms with E-state index in [4.69, 9.17) is 0 Å². The molecule has 0 aliphatic heterocycles. The predicted octanol–water partition coefficient (Wildman–Crippen LogP) is 3.31. The topological polar surface area (TPSA) is 20.2 Å². The SMILES string of the molecule is CCc1c(O)ccc2cc(F)sc12. The van der Waals surface area contributed by atoms with Crippen molar-refractivity contribution in [2.24, 2.45) is 0 Å². The van der Waals surface area contributed by atoms with Crippen LogP contribution in [0.1, 0.15) is 12.5 Å². The molecular formula is C10H9FOS. The zero-order valence-electron chi connectivity index (χ0n) is 7.17. The molecule has 0 fully saturated rings. The minimum Gasteiger partial charge on any atom is -0.508 e. The third-order valence-electron chi connectivity index (χ3n) is 2.09. The molecule has 68 valence electrons. The summed E-state index contributed by atoms with van der Waals surface area (Å²) < 4.78 is 13.8. The Labute approximate surface area is 79.4 Å². The highest BCUT2D eigenvalue weighted by molar-refractivity contribution is 7.17. The Morgan fingerprint density at radius 1 is 1.46 bits per heavy atom. The molecule has 0 bridgehead atoms. The van der Waals surface area contributed by atoms with Gasteiger partial charge in [0.25, 0.3) is 0 Å². The molecule has 0 radical (unpaired) electrons. The number of hydrogen-bond acceptors (Lipinski definition) is 2. The lowest BCUT2D eigenvalue weighted by molar-refractivity contribution is 0.470. The number of aromatic hydroxyl groups is 1. The second-order valence-corrected chi connectivity index (χ2v) is 3.89. The molecule has 2 aromatic rings. The number of phenolic OH excluding ortho intramolecular Hbond substituents is 1. The maximum Gasteiger partial charge on any atom is 0.177 e. The molecule has 0 aliphatic carbocycles. The highest BCUT2D eigenvalue weighted by Gasteiger charge is 2.08. The van der Waals surface area contributed by atoms with E-state index in [-0.39, 0.29) is 10.9 Å². The van der Waals surface area contributed by atoms with Crippen molar-refractivity contribution in [3.8, 4) is 5.75 Å². The number of rotatable bonds is 1. The Bertz CT molecular complexity index is 447. The van der Waals surface area contributed by atoms with Crippen LogP contribution in [0, 0.1) is 5.13 Å². The maximum atomic E-state index is 12.9. The third kappa shape index (κ3) is 1.29. The van der Waals surface area contributed by atoms with Gasteiger partial charge in [-0.2, -0.15) is 4.39 Å². The van der Waals surface area contributed by atoms with Crippen molar-refractivity contribution in [3.05, 3.63) is 28.9 Å². The average molecular weight is 196 g/mol. The van der Waals surface area contributed by atoms with E-state index in [2.05, 4.69) is 0 Å². The molecule has 1 nitrogen and oxygen atoms in total. The Balaban J connectivity index is 2.82. The van der Waals surface area contributed by atoms with Crippen molar-refractivity contribution < 1.29 is 9.50 Å². The summed E-state index contributed by atoms with van der Waals surface area (Å²) in [5.41, 5.74) is 0.839. The van der Waals surface area contributed by atoms with Gasteiger partial charge in [0.15, 0.2) is 5.13 Å². The summed E-state index contributed by atoms with van der Waals surface area (Å²) >= 11 is 1.09. The van der Waals surface area contributed by atoms with Crippen LogP contribution in [-0.2, 0) is 6.42 Å². The zero-order valence-corrected chi connectivity index (χ0v) is 7.99. The van der Waals surface area contributed by atoms with Crippen molar-refractivity contribution in [1.29, 1.82) is 0 Å². The van der Waals surface area contributed by atoms with Crippen LogP contribution in [0.25, 0.3) is 10.1 Å². The molecule has 0 spiro atoms. The van der Waals surface area contributed by atoms with E-state index >= 15 is 0 Å². The summed E-state index contributed by atoms with van der Waals surface area (Å²) in [7, 11) is 0. The molecule has 0 saturated heterocycles. The molecule has 3 heteroatoms. The van der Waals surface area contributed by atoms with Gasteiger partial charge in [-0.15, -0.1) is 11.3 Å². The summed E-state index contributed by atoms with van der Waals surface area (Å²) in [5.74, 6) is 0.261. The van der Waals surface area contributed by atoms with Crippen molar-refractivity contribution in [2.75, 3.05) is 0 Å². The molecule has 0 amide bonds. The lowest BCUT2D eigenvalue weighted by Crippen LogP contribution is -1.80. The van der Waals surface area contributed by atoms with Crippen LogP contribution in [0.4, 0.5) is 4.39 Å². The number of thiophene rings is 1. The Morgan fingerprint density at radius 3 is 2.92 bits per heavy atom. The van der Waals surface area contributed by atoms with Crippen LogP contribution < -0.4 is 0 Å². The molecule has 13 heavy (non-hydrogen) atoms. The first-order valence-corrected chi connectivity index (χ1v) is 4.94. The first-order valence-electron chi connectivity index (χ1n) is 4.12. The molecule has 1 heterocycles. The van der Waals surface area contributed by atoms with Crippen LogP contribution in [0.2, 0.25) is 0 Å². The largest absolute Gasteiger partial charge is 0.508 e. The first kappa shape index (κ1) is 8.51. The molecule has 1 aromatic heterocycles. The first-order chi connectivity index (χ1) is 6.22. The second kappa shape index (κ2) is 3.00. The van der Waals surface area contributed by atoms with Gasteiger partial charge in [0.2, 0.25) is 0 Å². The number of halogens is 1. The lowest BCUT2D eigenvalue weighted by Gasteiger charge is -2.01. The fourth-order valence-corrected chi connectivity index (χ4v) is 2.46. The summed E-state index contributed by atoms with van der Waals surface area (Å²) in [6, 6.07) is 4.86. The molecular weight excluding hydrogens is 187 g/mol. The fraction of sp³-hybridized carbons (Fsp3) is 0.200. The predicted molar refractivity (Wildman–Crippen MR) is 52.8 cm³/mol.